The van der Waals surface area contributed by atoms with Crippen LogP contribution in [0.3, 0.4) is 0 Å². The van der Waals surface area contributed by atoms with Gasteiger partial charge in [0.25, 0.3) is 0 Å². The summed E-state index contributed by atoms with van der Waals surface area (Å²) >= 11 is 0. The molecule has 0 aliphatic heterocycles. The van der Waals surface area contributed by atoms with Gasteiger partial charge in [0.2, 0.25) is 0 Å². The zero-order chi connectivity index (χ0) is 13.9. The van der Waals surface area contributed by atoms with Crippen LogP contribution < -0.4 is 0 Å². The number of allylic oxidation sites excluding steroid dienone is 2. The average molecular weight is 272 g/mol. The smallest absolute Gasteiger partial charge is 0.147 e. The topological polar surface area (TPSA) is 47.9 Å². The third kappa shape index (κ3) is 6.04. The number of rotatable bonds is 10. The number of ether oxygens (including phenoxy) is 3. The monoisotopic (exact) mass is 272 g/mol. The summed E-state index contributed by atoms with van der Waals surface area (Å²) in [6.07, 6.45) is 8.71. The molecule has 112 valence electrons. The van der Waals surface area contributed by atoms with Gasteiger partial charge >= 0.3 is 0 Å². The third-order valence-electron chi connectivity index (χ3n) is 3.75. The van der Waals surface area contributed by atoms with E-state index in [9.17, 15) is 5.11 Å². The normalized spacial score (nSPS) is 27.4. The second-order valence-corrected chi connectivity index (χ2v) is 5.02. The van der Waals surface area contributed by atoms with E-state index in [1.165, 1.54) is 0 Å². The van der Waals surface area contributed by atoms with Gasteiger partial charge < -0.3 is 19.3 Å². The summed E-state index contributed by atoms with van der Waals surface area (Å²) < 4.78 is 16.1. The van der Waals surface area contributed by atoms with Crippen LogP contribution in [0.15, 0.2) is 12.2 Å². The molecule has 0 spiro atoms. The van der Waals surface area contributed by atoms with Crippen molar-refractivity contribution < 1.29 is 19.3 Å². The highest BCUT2D eigenvalue weighted by Gasteiger charge is 2.35. The van der Waals surface area contributed by atoms with Gasteiger partial charge in [-0.1, -0.05) is 19.1 Å². The molecule has 1 aliphatic carbocycles. The Labute approximate surface area is 116 Å². The molecule has 0 saturated heterocycles. The average Bonchev–Trinajstić information content (AvgIpc) is 2.81. The molecule has 1 N–H and O–H groups in total. The molecular formula is C15H28O4. The van der Waals surface area contributed by atoms with Gasteiger partial charge in [0.05, 0.1) is 19.3 Å². The van der Waals surface area contributed by atoms with E-state index in [2.05, 4.69) is 19.1 Å². The fourth-order valence-electron chi connectivity index (χ4n) is 2.64. The number of aliphatic hydroxyl groups is 1. The zero-order valence-corrected chi connectivity index (χ0v) is 12.2. The molecule has 0 aromatic carbocycles. The van der Waals surface area contributed by atoms with E-state index in [1.54, 1.807) is 7.11 Å². The molecule has 0 radical (unpaired) electrons. The van der Waals surface area contributed by atoms with Crippen molar-refractivity contribution in [2.45, 2.75) is 38.7 Å². The van der Waals surface area contributed by atoms with Crippen LogP contribution in [-0.2, 0) is 14.2 Å². The van der Waals surface area contributed by atoms with Crippen LogP contribution in [0.2, 0.25) is 0 Å². The van der Waals surface area contributed by atoms with Gasteiger partial charge in [0.1, 0.15) is 6.79 Å². The van der Waals surface area contributed by atoms with Gasteiger partial charge in [-0.3, -0.25) is 0 Å². The minimum Gasteiger partial charge on any atom is -0.396 e. The van der Waals surface area contributed by atoms with Gasteiger partial charge in [-0.2, -0.15) is 0 Å². The first kappa shape index (κ1) is 16.6. The lowest BCUT2D eigenvalue weighted by atomic mass is 9.92. The van der Waals surface area contributed by atoms with Crippen molar-refractivity contribution in [3.05, 3.63) is 12.2 Å². The van der Waals surface area contributed by atoms with Gasteiger partial charge in [-0.25, -0.2) is 0 Å². The molecule has 1 rings (SSSR count). The standard InChI is InChI=1S/C15H28O4/c1-3-4-5-6-14-13(11-16)7-8-15(14)19-12-18-10-9-17-2/h4-5,13-16H,3,6-12H2,1-2H3/b5-4-/t13-,14+,15-/m1/s1. The maximum atomic E-state index is 9.42. The number of methoxy groups -OCH3 is 1. The highest BCUT2D eigenvalue weighted by Crippen LogP contribution is 2.36. The predicted octanol–water partition coefficient (Wildman–Crippen LogP) is 2.37. The van der Waals surface area contributed by atoms with Crippen molar-refractivity contribution in [2.75, 3.05) is 33.7 Å². The zero-order valence-electron chi connectivity index (χ0n) is 12.2. The minimum atomic E-state index is 0.209. The molecule has 0 aromatic rings. The molecule has 0 unspecified atom stereocenters. The van der Waals surface area contributed by atoms with Crippen LogP contribution >= 0.6 is 0 Å². The number of hydrogen-bond donors (Lipinski definition) is 1. The van der Waals surface area contributed by atoms with Gasteiger partial charge in [-0.05, 0) is 37.5 Å². The Bertz CT molecular complexity index is 242. The predicted molar refractivity (Wildman–Crippen MR) is 74.9 cm³/mol. The molecule has 3 atom stereocenters. The molecule has 0 aromatic heterocycles. The van der Waals surface area contributed by atoms with Gasteiger partial charge in [0.15, 0.2) is 0 Å². The quantitative estimate of drug-likeness (QED) is 0.377. The number of hydrogen-bond acceptors (Lipinski definition) is 4. The molecular weight excluding hydrogens is 244 g/mol. The largest absolute Gasteiger partial charge is 0.396 e. The molecule has 4 nitrogen and oxygen atoms in total. The van der Waals surface area contributed by atoms with E-state index >= 15 is 0 Å². The Hall–Kier alpha value is -0.420. The van der Waals surface area contributed by atoms with Crippen molar-refractivity contribution in [3.8, 4) is 0 Å². The van der Waals surface area contributed by atoms with Crippen molar-refractivity contribution in [1.29, 1.82) is 0 Å². The maximum Gasteiger partial charge on any atom is 0.147 e. The van der Waals surface area contributed by atoms with Crippen LogP contribution in [0.25, 0.3) is 0 Å². The Morgan fingerprint density at radius 2 is 2.05 bits per heavy atom. The summed E-state index contributed by atoms with van der Waals surface area (Å²) in [6.45, 7) is 3.87. The first-order valence-corrected chi connectivity index (χ1v) is 7.27. The summed E-state index contributed by atoms with van der Waals surface area (Å²) in [5, 5.41) is 9.42. The van der Waals surface area contributed by atoms with Crippen molar-refractivity contribution in [2.24, 2.45) is 11.8 Å². The highest BCUT2D eigenvalue weighted by atomic mass is 16.7. The lowest BCUT2D eigenvalue weighted by molar-refractivity contribution is -0.109. The fraction of sp³-hybridized carbons (Fsp3) is 0.867. The highest BCUT2D eigenvalue weighted by molar-refractivity contribution is 4.92. The maximum absolute atomic E-state index is 9.42. The van der Waals surface area contributed by atoms with Crippen LogP contribution in [0.5, 0.6) is 0 Å². The Kier molecular flexibility index (Phi) is 9.08. The van der Waals surface area contributed by atoms with E-state index in [4.69, 9.17) is 14.2 Å². The summed E-state index contributed by atoms with van der Waals surface area (Å²) in [7, 11) is 1.66. The van der Waals surface area contributed by atoms with Gasteiger partial charge in [0, 0.05) is 13.7 Å². The molecule has 0 bridgehead atoms. The van der Waals surface area contributed by atoms with Crippen LogP contribution in [0, 0.1) is 11.8 Å². The molecule has 19 heavy (non-hydrogen) atoms. The van der Waals surface area contributed by atoms with E-state index in [0.29, 0.717) is 31.8 Å². The first-order chi connectivity index (χ1) is 9.33. The lowest BCUT2D eigenvalue weighted by Crippen LogP contribution is -2.25. The Morgan fingerprint density at radius 1 is 1.21 bits per heavy atom. The summed E-state index contributed by atoms with van der Waals surface area (Å²) in [4.78, 5) is 0. The van der Waals surface area contributed by atoms with E-state index in [1.807, 2.05) is 0 Å². The van der Waals surface area contributed by atoms with Gasteiger partial charge in [-0.15, -0.1) is 0 Å². The minimum absolute atomic E-state index is 0.209. The molecule has 4 heteroatoms. The van der Waals surface area contributed by atoms with E-state index in [-0.39, 0.29) is 12.7 Å². The Balaban J connectivity index is 2.31. The number of aliphatic hydroxyl groups excluding tert-OH is 1. The van der Waals surface area contributed by atoms with E-state index < -0.39 is 0 Å². The third-order valence-corrected chi connectivity index (χ3v) is 3.75. The lowest BCUT2D eigenvalue weighted by Gasteiger charge is -2.23. The molecule has 0 amide bonds. The first-order valence-electron chi connectivity index (χ1n) is 7.27. The SMILES string of the molecule is CC/C=C\C[C@H]1[C@@H](CO)CC[C@H]1OCOCCOC. The van der Waals surface area contributed by atoms with Crippen LogP contribution in [0.4, 0.5) is 0 Å². The van der Waals surface area contributed by atoms with Crippen LogP contribution in [-0.4, -0.2) is 44.9 Å². The van der Waals surface area contributed by atoms with Crippen molar-refractivity contribution in [1.82, 2.24) is 0 Å². The van der Waals surface area contributed by atoms with Crippen molar-refractivity contribution >= 4 is 0 Å². The Morgan fingerprint density at radius 3 is 2.74 bits per heavy atom. The summed E-state index contributed by atoms with van der Waals surface area (Å²) in [5.74, 6) is 0.782. The van der Waals surface area contributed by atoms with Crippen LogP contribution in [0.1, 0.15) is 32.6 Å². The van der Waals surface area contributed by atoms with Crippen molar-refractivity contribution in [3.63, 3.8) is 0 Å². The van der Waals surface area contributed by atoms with E-state index in [0.717, 1.165) is 25.7 Å². The summed E-state index contributed by atoms with van der Waals surface area (Å²) in [5.41, 5.74) is 0. The second kappa shape index (κ2) is 10.4. The molecule has 1 aliphatic rings. The molecule has 0 heterocycles. The molecule has 1 fully saturated rings. The second-order valence-electron chi connectivity index (χ2n) is 5.02. The fourth-order valence-corrected chi connectivity index (χ4v) is 2.64. The molecule has 1 saturated carbocycles. The summed E-state index contributed by atoms with van der Waals surface area (Å²) in [6, 6.07) is 0.